The van der Waals surface area contributed by atoms with Crippen LogP contribution in [-0.2, 0) is 45.2 Å². The van der Waals surface area contributed by atoms with Gasteiger partial charge in [0, 0.05) is 41.4 Å². The monoisotopic (exact) mass is 799 g/mol. The molecule has 1 aromatic carbocycles. The Kier molecular flexibility index (Phi) is 14.6. The van der Waals surface area contributed by atoms with Gasteiger partial charge in [0.25, 0.3) is 30.4 Å². The van der Waals surface area contributed by atoms with Gasteiger partial charge in [-0.2, -0.15) is 25.3 Å². The fourth-order valence-corrected chi connectivity index (χ4v) is 7.97. The zero-order valence-corrected chi connectivity index (χ0v) is 32.1. The molecule has 0 bridgehead atoms. The lowest BCUT2D eigenvalue weighted by molar-refractivity contribution is 0.0353. The zero-order valence-electron chi connectivity index (χ0n) is 29.6. The Morgan fingerprint density at radius 2 is 1.58 bits per heavy atom. The third-order valence-electron chi connectivity index (χ3n) is 8.98. The van der Waals surface area contributed by atoms with E-state index in [9.17, 15) is 34.4 Å². The lowest BCUT2D eigenvalue weighted by Gasteiger charge is -2.30. The Morgan fingerprint density at radius 1 is 0.887 bits per heavy atom. The van der Waals surface area contributed by atoms with E-state index >= 15 is 0 Å². The van der Waals surface area contributed by atoms with E-state index in [2.05, 4.69) is 0 Å². The SMILES string of the molecule is CC[N+](CCCS(=O)(=O)O)=c1ccc2c(C=CC=C3N(CCOCCOCCO)c4ccc(S(=O)(=O)O)cc4C3(C)CCCS(=O)(=O)O)ccoc-2c1. The molecule has 0 saturated heterocycles. The van der Waals surface area contributed by atoms with Crippen LogP contribution >= 0.6 is 0 Å². The van der Waals surface area contributed by atoms with Crippen molar-refractivity contribution >= 4 is 42.1 Å². The molecule has 292 valence electrons. The summed E-state index contributed by atoms with van der Waals surface area (Å²) in [5.41, 5.74) is 2.51. The number of nitrogens with zero attached hydrogens (tertiary/aromatic N) is 2. The van der Waals surface area contributed by atoms with Crippen molar-refractivity contribution in [3.8, 4) is 11.3 Å². The molecule has 1 atom stereocenters. The average molecular weight is 800 g/mol. The number of hydrogen-bond donors (Lipinski definition) is 4. The van der Waals surface area contributed by atoms with Gasteiger partial charge >= 0.3 is 0 Å². The fraction of sp³-hybridized carbons (Fsp3) is 0.457. The van der Waals surface area contributed by atoms with Crippen molar-refractivity contribution in [1.29, 1.82) is 0 Å². The van der Waals surface area contributed by atoms with Crippen LogP contribution in [0.3, 0.4) is 0 Å². The van der Waals surface area contributed by atoms with E-state index in [1.807, 2.05) is 59.8 Å². The van der Waals surface area contributed by atoms with E-state index in [-0.39, 0.29) is 62.9 Å². The van der Waals surface area contributed by atoms with E-state index in [4.69, 9.17) is 23.6 Å². The number of hydrogen-bond acceptors (Lipinski definition) is 11. The van der Waals surface area contributed by atoms with Crippen LogP contribution in [-0.4, -0.2) is 108 Å². The number of ether oxygens (including phenoxy) is 2. The number of aliphatic hydroxyl groups excluding tert-OH is 1. The maximum absolute atomic E-state index is 12.2. The largest absolute Gasteiger partial charge is 0.464 e. The first-order chi connectivity index (χ1) is 25.0. The van der Waals surface area contributed by atoms with Gasteiger partial charge in [-0.1, -0.05) is 12.2 Å². The van der Waals surface area contributed by atoms with E-state index in [1.54, 1.807) is 18.4 Å². The van der Waals surface area contributed by atoms with Crippen LogP contribution in [0, 0.1) is 0 Å². The van der Waals surface area contributed by atoms with Crippen molar-refractivity contribution in [2.45, 2.75) is 43.4 Å². The molecule has 0 radical (unpaired) electrons. The normalized spacial score (nSPS) is 18.0. The summed E-state index contributed by atoms with van der Waals surface area (Å²) < 4.78 is 117. The lowest BCUT2D eigenvalue weighted by atomic mass is 9.77. The predicted molar refractivity (Wildman–Crippen MR) is 199 cm³/mol. The first kappa shape index (κ1) is 42.3. The topological polar surface area (TPSA) is 221 Å². The number of benzene rings is 2. The summed E-state index contributed by atoms with van der Waals surface area (Å²) in [4.78, 5) is 1.63. The molecule has 0 amide bonds. The Balaban J connectivity index is 1.73. The molecule has 15 nitrogen and oxygen atoms in total. The second kappa shape index (κ2) is 18.2. The van der Waals surface area contributed by atoms with E-state index in [1.165, 1.54) is 12.1 Å². The number of aliphatic hydroxyl groups is 1. The summed E-state index contributed by atoms with van der Waals surface area (Å²) in [6.07, 6.45) is 7.58. The molecule has 18 heteroatoms. The van der Waals surface area contributed by atoms with Crippen molar-refractivity contribution < 1.29 is 57.9 Å². The Hall–Kier alpha value is -3.46. The summed E-state index contributed by atoms with van der Waals surface area (Å²) in [6, 6.07) is 11.7. The van der Waals surface area contributed by atoms with Gasteiger partial charge in [-0.05, 0) is 74.2 Å². The average Bonchev–Trinajstić information content (AvgIpc) is 3.30. The second-order valence-corrected chi connectivity index (χ2v) is 17.2. The molecule has 0 aromatic heterocycles. The maximum atomic E-state index is 12.2. The van der Waals surface area contributed by atoms with Crippen molar-refractivity contribution in [3.05, 3.63) is 83.1 Å². The van der Waals surface area contributed by atoms with E-state index in [0.29, 0.717) is 42.3 Å². The van der Waals surface area contributed by atoms with Crippen LogP contribution < -0.4 is 14.8 Å². The van der Waals surface area contributed by atoms with Crippen LogP contribution in [0.25, 0.3) is 17.4 Å². The van der Waals surface area contributed by atoms with Crippen molar-refractivity contribution in [3.63, 3.8) is 0 Å². The third-order valence-corrected chi connectivity index (χ3v) is 11.4. The van der Waals surface area contributed by atoms with Crippen LogP contribution in [0.1, 0.15) is 44.2 Å². The molecule has 2 heterocycles. The van der Waals surface area contributed by atoms with Crippen LogP contribution in [0.4, 0.5) is 5.69 Å². The Morgan fingerprint density at radius 3 is 2.25 bits per heavy atom. The van der Waals surface area contributed by atoms with Gasteiger partial charge in [-0.3, -0.25) is 13.7 Å². The maximum Gasteiger partial charge on any atom is 0.294 e. The number of allylic oxidation sites excluding steroid dienone is 3. The molecule has 3 aliphatic rings. The predicted octanol–water partition coefficient (Wildman–Crippen LogP) is 3.07. The first-order valence-corrected chi connectivity index (χ1v) is 21.7. The number of anilines is 1. The molecule has 1 unspecified atom stereocenters. The summed E-state index contributed by atoms with van der Waals surface area (Å²) in [5, 5.41) is 9.74. The minimum absolute atomic E-state index is 0.0518. The van der Waals surface area contributed by atoms with Gasteiger partial charge in [0.05, 0.1) is 61.8 Å². The van der Waals surface area contributed by atoms with Gasteiger partial charge < -0.3 is 23.9 Å². The van der Waals surface area contributed by atoms with Crippen LogP contribution in [0.2, 0.25) is 0 Å². The van der Waals surface area contributed by atoms with Gasteiger partial charge in [0.1, 0.15) is 18.8 Å². The molecule has 53 heavy (non-hydrogen) atoms. The molecule has 4 N–H and O–H groups in total. The molecule has 4 rings (SSSR count). The Bertz CT molecular complexity index is 2160. The second-order valence-electron chi connectivity index (χ2n) is 12.7. The molecule has 1 aromatic rings. The quantitative estimate of drug-likeness (QED) is 0.0734. The highest BCUT2D eigenvalue weighted by molar-refractivity contribution is 7.86. The van der Waals surface area contributed by atoms with E-state index < -0.39 is 41.5 Å². The zero-order chi connectivity index (χ0) is 38.9. The molecule has 0 saturated carbocycles. The van der Waals surface area contributed by atoms with Crippen molar-refractivity contribution in [1.82, 2.24) is 4.58 Å². The highest BCUT2D eigenvalue weighted by Crippen LogP contribution is 2.51. The summed E-state index contributed by atoms with van der Waals surface area (Å²) in [6.45, 7) is 5.96. The smallest absolute Gasteiger partial charge is 0.294 e. The van der Waals surface area contributed by atoms with Gasteiger partial charge in [0.15, 0.2) is 0 Å². The lowest BCUT2D eigenvalue weighted by Crippen LogP contribution is -2.31. The fourth-order valence-electron chi connectivity index (χ4n) is 6.46. The molecule has 1 aliphatic carbocycles. The number of rotatable bonds is 20. The highest BCUT2D eigenvalue weighted by atomic mass is 32.2. The molecular weight excluding hydrogens is 753 g/mol. The van der Waals surface area contributed by atoms with Gasteiger partial charge in [-0.15, -0.1) is 0 Å². The minimum atomic E-state index is -4.57. The highest BCUT2D eigenvalue weighted by Gasteiger charge is 2.43. The summed E-state index contributed by atoms with van der Waals surface area (Å²) in [7, 11) is -12.9. The number of fused-ring (bicyclic) bond motifs is 2. The van der Waals surface area contributed by atoms with E-state index in [0.717, 1.165) is 16.5 Å². The van der Waals surface area contributed by atoms with Crippen molar-refractivity contribution in [2.75, 3.05) is 69.1 Å². The third kappa shape index (κ3) is 11.8. The first-order valence-electron chi connectivity index (χ1n) is 17.0. The summed E-state index contributed by atoms with van der Waals surface area (Å²) >= 11 is 0. The molecule has 0 spiro atoms. The standard InChI is InChI=1S/C35H46N2O13S3/c1-3-36(15-6-24-52(42,43)44)28-9-11-30-27(13-18-50-33(30)25-28)7-4-8-34-35(2,14-5-23-51(39,40)41)31-26-29(53(45,46)47)10-12-32(31)37(34)16-19-48-21-22-49-20-17-38/h4,7-13,18,25-26,38H,3,5-6,14-17,19-24H2,1-2H3,(H2-,39,40,41,42,43,44,45,46,47)/p+1. The van der Waals surface area contributed by atoms with Gasteiger partial charge in [0.2, 0.25) is 5.36 Å². The van der Waals surface area contributed by atoms with Crippen molar-refractivity contribution in [2.24, 2.45) is 0 Å². The minimum Gasteiger partial charge on any atom is -0.464 e. The summed E-state index contributed by atoms with van der Waals surface area (Å²) in [5.74, 6) is -0.273. The molecule has 0 fully saturated rings. The Labute approximate surface area is 310 Å². The van der Waals surface area contributed by atoms with Crippen LogP contribution in [0.5, 0.6) is 0 Å². The molecular formula is C35H47N2O13S3+. The van der Waals surface area contributed by atoms with Gasteiger partial charge in [-0.25, -0.2) is 4.58 Å². The molecule has 2 aliphatic heterocycles. The van der Waals surface area contributed by atoms with Crippen LogP contribution in [0.15, 0.2) is 75.9 Å².